The van der Waals surface area contributed by atoms with Crippen molar-refractivity contribution in [3.05, 3.63) is 64.4 Å². The van der Waals surface area contributed by atoms with Gasteiger partial charge in [-0.05, 0) is 30.3 Å². The number of anilines is 1. The fraction of sp³-hybridized carbons (Fsp3) is 0.0714. The first-order chi connectivity index (χ1) is 9.79. The summed E-state index contributed by atoms with van der Waals surface area (Å²) in [5, 5.41) is 2.09. The zero-order chi connectivity index (χ0) is 15.6. The van der Waals surface area contributed by atoms with Gasteiger partial charge in [0.05, 0.1) is 21.8 Å². The Morgan fingerprint density at radius 3 is 2.38 bits per heavy atom. The quantitative estimate of drug-likeness (QED) is 0.796. The molecule has 0 aliphatic heterocycles. The molecule has 0 saturated carbocycles. The average Bonchev–Trinajstić information content (AvgIpc) is 2.40. The SMILES string of the molecule is O=C(Nc1cc(C(F)(F)F)ccc1Cl)c1ccccc1F. The van der Waals surface area contributed by atoms with Crippen LogP contribution in [-0.2, 0) is 6.18 Å². The standard InChI is InChI=1S/C14H8ClF4NO/c15-10-6-5-8(14(17,18)19)7-12(10)20-13(21)9-3-1-2-4-11(9)16/h1-7H,(H,20,21). The van der Waals surface area contributed by atoms with Gasteiger partial charge in [0.2, 0.25) is 0 Å². The normalized spacial score (nSPS) is 11.3. The van der Waals surface area contributed by atoms with Crippen molar-refractivity contribution < 1.29 is 22.4 Å². The molecule has 0 aliphatic carbocycles. The van der Waals surface area contributed by atoms with Crippen LogP contribution in [0.25, 0.3) is 0 Å². The first-order valence-electron chi connectivity index (χ1n) is 5.71. The predicted molar refractivity (Wildman–Crippen MR) is 70.8 cm³/mol. The van der Waals surface area contributed by atoms with Crippen molar-refractivity contribution >= 4 is 23.2 Å². The van der Waals surface area contributed by atoms with Crippen molar-refractivity contribution in [2.45, 2.75) is 6.18 Å². The molecule has 2 rings (SSSR count). The molecule has 0 saturated heterocycles. The molecule has 7 heteroatoms. The van der Waals surface area contributed by atoms with E-state index >= 15 is 0 Å². The van der Waals surface area contributed by atoms with Gasteiger partial charge in [0.1, 0.15) is 5.82 Å². The Kier molecular flexibility index (Phi) is 4.18. The van der Waals surface area contributed by atoms with Crippen LogP contribution in [0.4, 0.5) is 23.2 Å². The van der Waals surface area contributed by atoms with Crippen LogP contribution >= 0.6 is 11.6 Å². The molecule has 2 aromatic rings. The Morgan fingerprint density at radius 1 is 1.10 bits per heavy atom. The summed E-state index contributed by atoms with van der Waals surface area (Å²) in [5.41, 5.74) is -1.48. The number of benzene rings is 2. The fourth-order valence-electron chi connectivity index (χ4n) is 1.63. The molecule has 0 spiro atoms. The third-order valence-corrected chi connectivity index (χ3v) is 2.99. The lowest BCUT2D eigenvalue weighted by Crippen LogP contribution is -2.15. The lowest BCUT2D eigenvalue weighted by atomic mass is 10.1. The minimum absolute atomic E-state index is 0.0762. The highest BCUT2D eigenvalue weighted by molar-refractivity contribution is 6.34. The predicted octanol–water partition coefficient (Wildman–Crippen LogP) is 4.75. The molecule has 0 radical (unpaired) electrons. The topological polar surface area (TPSA) is 29.1 Å². The highest BCUT2D eigenvalue weighted by Gasteiger charge is 2.31. The number of hydrogen-bond acceptors (Lipinski definition) is 1. The van der Waals surface area contributed by atoms with E-state index in [0.717, 1.165) is 18.2 Å². The monoisotopic (exact) mass is 317 g/mol. The molecule has 0 aromatic heterocycles. The van der Waals surface area contributed by atoms with Gasteiger partial charge in [-0.15, -0.1) is 0 Å². The summed E-state index contributed by atoms with van der Waals surface area (Å²) in [5.74, 6) is -1.66. The van der Waals surface area contributed by atoms with E-state index in [-0.39, 0.29) is 16.3 Å². The maximum absolute atomic E-state index is 13.4. The number of nitrogens with one attached hydrogen (secondary N) is 1. The van der Waals surface area contributed by atoms with Gasteiger partial charge in [0, 0.05) is 0 Å². The third-order valence-electron chi connectivity index (χ3n) is 2.66. The van der Waals surface area contributed by atoms with Crippen molar-refractivity contribution in [3.63, 3.8) is 0 Å². The summed E-state index contributed by atoms with van der Waals surface area (Å²) in [7, 11) is 0. The van der Waals surface area contributed by atoms with Crippen molar-refractivity contribution in [1.29, 1.82) is 0 Å². The van der Waals surface area contributed by atoms with E-state index in [0.29, 0.717) is 6.07 Å². The van der Waals surface area contributed by atoms with E-state index in [1.807, 2.05) is 0 Å². The molecule has 0 atom stereocenters. The second kappa shape index (κ2) is 5.73. The van der Waals surface area contributed by atoms with Gasteiger partial charge in [-0.25, -0.2) is 4.39 Å². The molecule has 0 aliphatic rings. The average molecular weight is 318 g/mol. The summed E-state index contributed by atoms with van der Waals surface area (Å²) >= 11 is 5.74. The molecule has 2 nitrogen and oxygen atoms in total. The number of amides is 1. The lowest BCUT2D eigenvalue weighted by Gasteiger charge is -2.12. The first kappa shape index (κ1) is 15.3. The van der Waals surface area contributed by atoms with Gasteiger partial charge < -0.3 is 5.32 Å². The maximum Gasteiger partial charge on any atom is 0.416 e. The summed E-state index contributed by atoms with van der Waals surface area (Å²) in [6, 6.07) is 7.62. The zero-order valence-corrected chi connectivity index (χ0v) is 11.1. The van der Waals surface area contributed by atoms with E-state index in [4.69, 9.17) is 11.6 Å². The molecular formula is C14H8ClF4NO. The van der Waals surface area contributed by atoms with Crippen LogP contribution in [0.2, 0.25) is 5.02 Å². The van der Waals surface area contributed by atoms with Crippen LogP contribution in [0, 0.1) is 5.82 Å². The molecule has 0 bridgehead atoms. The van der Waals surface area contributed by atoms with Crippen molar-refractivity contribution in [2.75, 3.05) is 5.32 Å². The molecule has 2 aromatic carbocycles. The number of halogens is 5. The van der Waals surface area contributed by atoms with E-state index in [9.17, 15) is 22.4 Å². The number of carbonyl (C=O) groups is 1. The minimum atomic E-state index is -4.57. The van der Waals surface area contributed by atoms with Crippen LogP contribution < -0.4 is 5.32 Å². The Hall–Kier alpha value is -2.08. The summed E-state index contributed by atoms with van der Waals surface area (Å²) in [6.45, 7) is 0. The van der Waals surface area contributed by atoms with Crippen LogP contribution in [0.5, 0.6) is 0 Å². The first-order valence-corrected chi connectivity index (χ1v) is 6.09. The maximum atomic E-state index is 13.4. The smallest absolute Gasteiger partial charge is 0.321 e. The van der Waals surface area contributed by atoms with E-state index in [1.165, 1.54) is 18.2 Å². The molecule has 0 unspecified atom stereocenters. The summed E-state index contributed by atoms with van der Waals surface area (Å²) in [6.07, 6.45) is -4.57. The Balaban J connectivity index is 2.31. The van der Waals surface area contributed by atoms with Crippen LogP contribution in [0.1, 0.15) is 15.9 Å². The number of hydrogen-bond donors (Lipinski definition) is 1. The molecule has 0 fully saturated rings. The number of alkyl halides is 3. The largest absolute Gasteiger partial charge is 0.416 e. The van der Waals surface area contributed by atoms with Gasteiger partial charge >= 0.3 is 6.18 Å². The summed E-state index contributed by atoms with van der Waals surface area (Å²) < 4.78 is 51.3. The van der Waals surface area contributed by atoms with Gasteiger partial charge in [0.25, 0.3) is 5.91 Å². The molecule has 1 N–H and O–H groups in total. The minimum Gasteiger partial charge on any atom is -0.321 e. The van der Waals surface area contributed by atoms with Gasteiger partial charge in [0.15, 0.2) is 0 Å². The molecule has 0 heterocycles. The number of carbonyl (C=O) groups excluding carboxylic acids is 1. The van der Waals surface area contributed by atoms with Gasteiger partial charge in [-0.1, -0.05) is 23.7 Å². The van der Waals surface area contributed by atoms with Crippen molar-refractivity contribution in [2.24, 2.45) is 0 Å². The van der Waals surface area contributed by atoms with Crippen LogP contribution in [-0.4, -0.2) is 5.91 Å². The Bertz CT molecular complexity index is 685. The highest BCUT2D eigenvalue weighted by Crippen LogP contribution is 2.34. The van der Waals surface area contributed by atoms with Crippen LogP contribution in [0.3, 0.4) is 0 Å². The van der Waals surface area contributed by atoms with E-state index < -0.39 is 23.5 Å². The highest BCUT2D eigenvalue weighted by atomic mass is 35.5. The summed E-state index contributed by atoms with van der Waals surface area (Å²) in [4.78, 5) is 11.9. The molecule has 21 heavy (non-hydrogen) atoms. The third kappa shape index (κ3) is 3.52. The van der Waals surface area contributed by atoms with Gasteiger partial charge in [-0.2, -0.15) is 13.2 Å². The zero-order valence-electron chi connectivity index (χ0n) is 10.3. The van der Waals surface area contributed by atoms with E-state index in [2.05, 4.69) is 5.32 Å². The molecular weight excluding hydrogens is 310 g/mol. The number of rotatable bonds is 2. The second-order valence-electron chi connectivity index (χ2n) is 4.13. The Morgan fingerprint density at radius 2 is 1.76 bits per heavy atom. The molecule has 1 amide bonds. The van der Waals surface area contributed by atoms with Crippen molar-refractivity contribution in [1.82, 2.24) is 0 Å². The van der Waals surface area contributed by atoms with Crippen molar-refractivity contribution in [3.8, 4) is 0 Å². The lowest BCUT2D eigenvalue weighted by molar-refractivity contribution is -0.137. The fourth-order valence-corrected chi connectivity index (χ4v) is 1.80. The Labute approximate surface area is 122 Å². The van der Waals surface area contributed by atoms with Crippen LogP contribution in [0.15, 0.2) is 42.5 Å². The van der Waals surface area contributed by atoms with E-state index in [1.54, 1.807) is 0 Å². The molecule has 110 valence electrons. The second-order valence-corrected chi connectivity index (χ2v) is 4.53. The van der Waals surface area contributed by atoms with Gasteiger partial charge in [-0.3, -0.25) is 4.79 Å².